The van der Waals surface area contributed by atoms with Crippen molar-refractivity contribution in [1.82, 2.24) is 14.9 Å². The summed E-state index contributed by atoms with van der Waals surface area (Å²) < 4.78 is 0. The van der Waals surface area contributed by atoms with Crippen LogP contribution in [0.25, 0.3) is 16.6 Å². The zero-order chi connectivity index (χ0) is 15.6. The number of nitrogens with one attached hydrogen (secondary N) is 1. The van der Waals surface area contributed by atoms with Crippen LogP contribution in [0.4, 0.5) is 0 Å². The highest BCUT2D eigenvalue weighted by atomic mass is 35.5. The summed E-state index contributed by atoms with van der Waals surface area (Å²) in [7, 11) is 0. The SMILES string of the molecule is Clc1cccc(CN2CC=C(c3c[nH]c4ncccc34)CC2)c1. The largest absolute Gasteiger partial charge is 0.346 e. The molecule has 1 aliphatic heterocycles. The van der Waals surface area contributed by atoms with Gasteiger partial charge in [-0.1, -0.05) is 29.8 Å². The molecule has 0 saturated carbocycles. The summed E-state index contributed by atoms with van der Waals surface area (Å²) in [5.41, 5.74) is 4.93. The number of rotatable bonds is 3. The summed E-state index contributed by atoms with van der Waals surface area (Å²) in [5, 5.41) is 2.02. The quantitative estimate of drug-likeness (QED) is 0.769. The van der Waals surface area contributed by atoms with E-state index in [1.165, 1.54) is 22.1 Å². The number of aromatic nitrogens is 2. The van der Waals surface area contributed by atoms with Gasteiger partial charge in [-0.25, -0.2) is 4.98 Å². The van der Waals surface area contributed by atoms with Crippen molar-refractivity contribution in [3.05, 3.63) is 71.0 Å². The molecule has 3 nitrogen and oxygen atoms in total. The van der Waals surface area contributed by atoms with Crippen molar-refractivity contribution in [2.75, 3.05) is 13.1 Å². The molecule has 0 fully saturated rings. The first-order chi connectivity index (χ1) is 11.3. The Labute approximate surface area is 140 Å². The van der Waals surface area contributed by atoms with Crippen LogP contribution in [0.2, 0.25) is 5.02 Å². The van der Waals surface area contributed by atoms with Crippen molar-refractivity contribution in [3.8, 4) is 0 Å². The fraction of sp³-hybridized carbons (Fsp3) is 0.211. The third-order valence-electron chi connectivity index (χ3n) is 4.39. The molecule has 1 aromatic carbocycles. The Bertz CT molecular complexity index is 866. The van der Waals surface area contributed by atoms with E-state index in [1.807, 2.05) is 30.5 Å². The van der Waals surface area contributed by atoms with Crippen molar-refractivity contribution in [2.45, 2.75) is 13.0 Å². The van der Waals surface area contributed by atoms with Crippen molar-refractivity contribution in [3.63, 3.8) is 0 Å². The number of aromatic amines is 1. The number of H-pyrrole nitrogens is 1. The van der Waals surface area contributed by atoms with Gasteiger partial charge in [0.1, 0.15) is 5.65 Å². The highest BCUT2D eigenvalue weighted by molar-refractivity contribution is 6.30. The molecule has 3 aromatic rings. The van der Waals surface area contributed by atoms with Gasteiger partial charge in [-0.3, -0.25) is 4.90 Å². The highest BCUT2D eigenvalue weighted by Gasteiger charge is 2.16. The van der Waals surface area contributed by atoms with E-state index in [1.54, 1.807) is 0 Å². The Hall–Kier alpha value is -2.10. The normalized spacial score (nSPS) is 15.8. The molecule has 0 saturated heterocycles. The van der Waals surface area contributed by atoms with Gasteiger partial charge in [-0.05, 0) is 41.8 Å². The molecule has 0 atom stereocenters. The van der Waals surface area contributed by atoms with Crippen molar-refractivity contribution in [1.29, 1.82) is 0 Å². The van der Waals surface area contributed by atoms with Gasteiger partial charge in [0.2, 0.25) is 0 Å². The molecule has 116 valence electrons. The van der Waals surface area contributed by atoms with E-state index >= 15 is 0 Å². The number of fused-ring (bicyclic) bond motifs is 1. The first kappa shape index (κ1) is 14.5. The molecule has 1 N–H and O–H groups in total. The van der Waals surface area contributed by atoms with Crippen LogP contribution in [0.5, 0.6) is 0 Å². The van der Waals surface area contributed by atoms with Gasteiger partial charge in [0.15, 0.2) is 0 Å². The maximum absolute atomic E-state index is 6.07. The number of hydrogen-bond acceptors (Lipinski definition) is 2. The molecular formula is C19H18ClN3. The molecule has 3 heterocycles. The van der Waals surface area contributed by atoms with Gasteiger partial charge in [0.25, 0.3) is 0 Å². The van der Waals surface area contributed by atoms with Crippen molar-refractivity contribution >= 4 is 28.2 Å². The van der Waals surface area contributed by atoms with E-state index in [9.17, 15) is 0 Å². The van der Waals surface area contributed by atoms with Gasteiger partial charge in [0.05, 0.1) is 0 Å². The molecule has 0 bridgehead atoms. The molecule has 0 spiro atoms. The lowest BCUT2D eigenvalue weighted by Gasteiger charge is -2.26. The van der Waals surface area contributed by atoms with Gasteiger partial charge in [-0.2, -0.15) is 0 Å². The summed E-state index contributed by atoms with van der Waals surface area (Å²) in [4.78, 5) is 10.1. The second-order valence-corrected chi connectivity index (χ2v) is 6.38. The Kier molecular flexibility index (Phi) is 3.90. The van der Waals surface area contributed by atoms with E-state index in [0.717, 1.165) is 36.7 Å². The Morgan fingerprint density at radius 1 is 1.22 bits per heavy atom. The molecule has 23 heavy (non-hydrogen) atoms. The highest BCUT2D eigenvalue weighted by Crippen LogP contribution is 2.28. The van der Waals surface area contributed by atoms with Crippen LogP contribution in [0, 0.1) is 0 Å². The van der Waals surface area contributed by atoms with Crippen LogP contribution < -0.4 is 0 Å². The lowest BCUT2D eigenvalue weighted by atomic mass is 9.99. The lowest BCUT2D eigenvalue weighted by molar-refractivity contribution is 0.294. The topological polar surface area (TPSA) is 31.9 Å². The summed E-state index contributed by atoms with van der Waals surface area (Å²) >= 11 is 6.07. The third kappa shape index (κ3) is 3.03. The molecule has 0 aliphatic carbocycles. The van der Waals surface area contributed by atoms with Gasteiger partial charge in [0, 0.05) is 48.0 Å². The minimum atomic E-state index is 0.807. The minimum absolute atomic E-state index is 0.807. The average molecular weight is 324 g/mol. The standard InChI is InChI=1S/C19H18ClN3/c20-16-4-1-3-14(11-16)13-23-9-6-15(7-10-23)18-12-22-19-17(18)5-2-8-21-19/h1-6,8,11-12H,7,9-10,13H2,(H,21,22). The fourth-order valence-electron chi connectivity index (χ4n) is 3.21. The minimum Gasteiger partial charge on any atom is -0.346 e. The number of pyridine rings is 1. The van der Waals surface area contributed by atoms with Crippen LogP contribution in [0.3, 0.4) is 0 Å². The number of halogens is 1. The van der Waals surface area contributed by atoms with E-state index in [4.69, 9.17) is 11.6 Å². The first-order valence-electron chi connectivity index (χ1n) is 7.88. The maximum atomic E-state index is 6.07. The number of hydrogen-bond donors (Lipinski definition) is 1. The zero-order valence-electron chi connectivity index (χ0n) is 12.8. The second kappa shape index (κ2) is 6.19. The van der Waals surface area contributed by atoms with E-state index < -0.39 is 0 Å². The van der Waals surface area contributed by atoms with Crippen LogP contribution in [-0.4, -0.2) is 28.0 Å². The van der Waals surface area contributed by atoms with Crippen molar-refractivity contribution < 1.29 is 0 Å². The van der Waals surface area contributed by atoms with E-state index in [0.29, 0.717) is 0 Å². The molecule has 2 aromatic heterocycles. The maximum Gasteiger partial charge on any atom is 0.137 e. The predicted octanol–water partition coefficient (Wildman–Crippen LogP) is 4.51. The van der Waals surface area contributed by atoms with E-state index in [-0.39, 0.29) is 0 Å². The molecule has 0 radical (unpaired) electrons. The Morgan fingerprint density at radius 2 is 2.17 bits per heavy atom. The number of benzene rings is 1. The van der Waals surface area contributed by atoms with Crippen LogP contribution in [0.15, 0.2) is 54.9 Å². The smallest absolute Gasteiger partial charge is 0.137 e. The third-order valence-corrected chi connectivity index (χ3v) is 4.62. The fourth-order valence-corrected chi connectivity index (χ4v) is 3.43. The predicted molar refractivity (Wildman–Crippen MR) is 95.4 cm³/mol. The summed E-state index contributed by atoms with van der Waals surface area (Å²) in [6.07, 6.45) is 7.30. The number of nitrogens with zero attached hydrogens (tertiary/aromatic N) is 2. The molecule has 0 unspecified atom stereocenters. The van der Waals surface area contributed by atoms with Crippen molar-refractivity contribution in [2.24, 2.45) is 0 Å². The average Bonchev–Trinajstić information content (AvgIpc) is 3.00. The zero-order valence-corrected chi connectivity index (χ0v) is 13.6. The lowest BCUT2D eigenvalue weighted by Crippen LogP contribution is -2.27. The first-order valence-corrected chi connectivity index (χ1v) is 8.26. The van der Waals surface area contributed by atoms with E-state index in [2.05, 4.69) is 39.3 Å². The van der Waals surface area contributed by atoms with Crippen LogP contribution >= 0.6 is 11.6 Å². The monoisotopic (exact) mass is 323 g/mol. The molecule has 4 heteroatoms. The molecule has 1 aliphatic rings. The second-order valence-electron chi connectivity index (χ2n) is 5.95. The summed E-state index contributed by atoms with van der Waals surface area (Å²) in [6, 6.07) is 12.2. The summed E-state index contributed by atoms with van der Waals surface area (Å²) in [5.74, 6) is 0. The molecule has 0 amide bonds. The molecular weight excluding hydrogens is 306 g/mol. The van der Waals surface area contributed by atoms with Gasteiger partial charge in [-0.15, -0.1) is 0 Å². The van der Waals surface area contributed by atoms with Crippen LogP contribution in [-0.2, 0) is 6.54 Å². The van der Waals surface area contributed by atoms with Gasteiger partial charge < -0.3 is 4.98 Å². The Morgan fingerprint density at radius 3 is 3.00 bits per heavy atom. The summed E-state index contributed by atoms with van der Waals surface area (Å²) in [6.45, 7) is 2.97. The molecule has 4 rings (SSSR count). The van der Waals surface area contributed by atoms with Gasteiger partial charge >= 0.3 is 0 Å². The van der Waals surface area contributed by atoms with Crippen LogP contribution in [0.1, 0.15) is 17.5 Å². The Balaban J connectivity index is 1.51.